The predicted octanol–water partition coefficient (Wildman–Crippen LogP) is 5.16. The molecule has 0 heterocycles. The SMILES string of the molecule is COc1ccc(C(=O)Nc2cccc(/C=C(\C#N)C(=O)Nc3ccc(OC)c(Cl)c3)c2)cc1. The van der Waals surface area contributed by atoms with Crippen LogP contribution in [-0.4, -0.2) is 26.0 Å². The number of nitrogens with one attached hydrogen (secondary N) is 2. The van der Waals surface area contributed by atoms with Gasteiger partial charge < -0.3 is 20.1 Å². The topological polar surface area (TPSA) is 100 Å². The van der Waals surface area contributed by atoms with Crippen molar-refractivity contribution in [2.75, 3.05) is 24.9 Å². The summed E-state index contributed by atoms with van der Waals surface area (Å²) in [6.45, 7) is 0. The van der Waals surface area contributed by atoms with Crippen LogP contribution in [0.2, 0.25) is 5.02 Å². The van der Waals surface area contributed by atoms with E-state index >= 15 is 0 Å². The lowest BCUT2D eigenvalue weighted by atomic mass is 10.1. The number of rotatable bonds is 7. The Hall–Kier alpha value is -4.28. The second-order valence-corrected chi connectivity index (χ2v) is 7.19. The standard InChI is InChI=1S/C25H20ClN3O4/c1-32-21-9-6-17(7-10-21)24(30)28-19-5-3-4-16(13-19)12-18(15-27)25(31)29-20-8-11-23(33-2)22(26)14-20/h3-14H,1-2H3,(H,28,30)(H,29,31)/b18-12+. The number of hydrogen-bond acceptors (Lipinski definition) is 5. The van der Waals surface area contributed by atoms with Crippen LogP contribution in [0.15, 0.2) is 72.3 Å². The highest BCUT2D eigenvalue weighted by Crippen LogP contribution is 2.27. The Bertz CT molecular complexity index is 1250. The second-order valence-electron chi connectivity index (χ2n) is 6.78. The highest BCUT2D eigenvalue weighted by molar-refractivity contribution is 6.32. The third-order valence-corrected chi connectivity index (χ3v) is 4.88. The maximum absolute atomic E-state index is 12.6. The maximum atomic E-state index is 12.6. The molecule has 0 saturated carbocycles. The average molecular weight is 462 g/mol. The molecule has 0 saturated heterocycles. The van der Waals surface area contributed by atoms with Gasteiger partial charge in [-0.1, -0.05) is 23.7 Å². The molecule has 0 aliphatic rings. The van der Waals surface area contributed by atoms with Crippen molar-refractivity contribution in [3.63, 3.8) is 0 Å². The van der Waals surface area contributed by atoms with Crippen LogP contribution in [0.4, 0.5) is 11.4 Å². The van der Waals surface area contributed by atoms with Gasteiger partial charge in [-0.25, -0.2) is 0 Å². The molecule has 0 unspecified atom stereocenters. The third-order valence-electron chi connectivity index (χ3n) is 4.58. The Morgan fingerprint density at radius 3 is 2.30 bits per heavy atom. The van der Waals surface area contributed by atoms with Crippen molar-refractivity contribution in [2.24, 2.45) is 0 Å². The molecule has 0 spiro atoms. The Labute approximate surface area is 196 Å². The molecule has 0 aliphatic carbocycles. The lowest BCUT2D eigenvalue weighted by Gasteiger charge is -2.08. The van der Waals surface area contributed by atoms with Crippen molar-refractivity contribution in [3.05, 3.63) is 88.5 Å². The van der Waals surface area contributed by atoms with E-state index in [4.69, 9.17) is 21.1 Å². The van der Waals surface area contributed by atoms with E-state index in [-0.39, 0.29) is 11.5 Å². The first-order chi connectivity index (χ1) is 15.9. The summed E-state index contributed by atoms with van der Waals surface area (Å²) in [5, 5.41) is 15.2. The fourth-order valence-electron chi connectivity index (χ4n) is 2.91. The molecule has 0 aromatic heterocycles. The summed E-state index contributed by atoms with van der Waals surface area (Å²) in [6, 6.07) is 20.2. The van der Waals surface area contributed by atoms with Crippen LogP contribution in [0.1, 0.15) is 15.9 Å². The Kier molecular flexibility index (Phi) is 7.68. The summed E-state index contributed by atoms with van der Waals surface area (Å²) in [7, 11) is 3.04. The summed E-state index contributed by atoms with van der Waals surface area (Å²) in [6.07, 6.45) is 1.43. The summed E-state index contributed by atoms with van der Waals surface area (Å²) in [4.78, 5) is 25.0. The minimum atomic E-state index is -0.591. The zero-order valence-electron chi connectivity index (χ0n) is 17.9. The molecule has 3 aromatic rings. The van der Waals surface area contributed by atoms with Gasteiger partial charge in [-0.2, -0.15) is 5.26 Å². The van der Waals surface area contributed by atoms with E-state index in [1.807, 2.05) is 6.07 Å². The van der Waals surface area contributed by atoms with Gasteiger partial charge in [0.15, 0.2) is 0 Å². The molecule has 7 nitrogen and oxygen atoms in total. The predicted molar refractivity (Wildman–Crippen MR) is 128 cm³/mol. The van der Waals surface area contributed by atoms with Crippen molar-refractivity contribution in [1.82, 2.24) is 0 Å². The van der Waals surface area contributed by atoms with E-state index in [0.29, 0.717) is 39.0 Å². The molecule has 3 rings (SSSR count). The molecule has 0 radical (unpaired) electrons. The van der Waals surface area contributed by atoms with Crippen molar-refractivity contribution in [3.8, 4) is 17.6 Å². The first-order valence-electron chi connectivity index (χ1n) is 9.75. The first kappa shape index (κ1) is 23.4. The van der Waals surface area contributed by atoms with E-state index in [2.05, 4.69) is 10.6 Å². The summed E-state index contributed by atoms with van der Waals surface area (Å²) in [5.41, 5.74) is 1.87. The Morgan fingerprint density at radius 2 is 1.67 bits per heavy atom. The summed E-state index contributed by atoms with van der Waals surface area (Å²) >= 11 is 6.08. The number of amides is 2. The second kappa shape index (κ2) is 10.8. The van der Waals surface area contributed by atoms with Crippen LogP contribution < -0.4 is 20.1 Å². The van der Waals surface area contributed by atoms with Gasteiger partial charge in [0, 0.05) is 16.9 Å². The molecule has 0 atom stereocenters. The normalized spacial score (nSPS) is 10.7. The average Bonchev–Trinajstić information content (AvgIpc) is 2.83. The molecule has 2 N–H and O–H groups in total. The number of ether oxygens (including phenoxy) is 2. The molecular formula is C25H20ClN3O4. The number of methoxy groups -OCH3 is 2. The number of carbonyl (C=O) groups excluding carboxylic acids is 2. The number of hydrogen-bond donors (Lipinski definition) is 2. The van der Waals surface area contributed by atoms with Gasteiger partial charge in [-0.3, -0.25) is 9.59 Å². The number of anilines is 2. The third kappa shape index (κ3) is 6.12. The smallest absolute Gasteiger partial charge is 0.266 e. The zero-order chi connectivity index (χ0) is 23.8. The summed E-state index contributed by atoms with van der Waals surface area (Å²) < 4.78 is 10.2. The maximum Gasteiger partial charge on any atom is 0.266 e. The van der Waals surface area contributed by atoms with E-state index < -0.39 is 5.91 Å². The fraction of sp³-hybridized carbons (Fsp3) is 0.0800. The lowest BCUT2D eigenvalue weighted by molar-refractivity contribution is -0.112. The van der Waals surface area contributed by atoms with E-state index in [9.17, 15) is 14.9 Å². The van der Waals surface area contributed by atoms with Crippen LogP contribution in [0.25, 0.3) is 6.08 Å². The molecule has 2 amide bonds. The molecule has 3 aromatic carbocycles. The van der Waals surface area contributed by atoms with Crippen LogP contribution in [0.5, 0.6) is 11.5 Å². The lowest BCUT2D eigenvalue weighted by Crippen LogP contribution is -2.13. The number of carbonyl (C=O) groups is 2. The number of benzene rings is 3. The minimum Gasteiger partial charge on any atom is -0.497 e. The monoisotopic (exact) mass is 461 g/mol. The van der Waals surface area contributed by atoms with Gasteiger partial charge in [-0.15, -0.1) is 0 Å². The largest absolute Gasteiger partial charge is 0.497 e. The van der Waals surface area contributed by atoms with Crippen molar-refractivity contribution in [2.45, 2.75) is 0 Å². The molecule has 0 bridgehead atoms. The zero-order valence-corrected chi connectivity index (χ0v) is 18.6. The van der Waals surface area contributed by atoms with E-state index in [1.54, 1.807) is 67.8 Å². The van der Waals surface area contributed by atoms with Crippen LogP contribution in [0.3, 0.4) is 0 Å². The molecule has 0 fully saturated rings. The minimum absolute atomic E-state index is 0.111. The van der Waals surface area contributed by atoms with Gasteiger partial charge in [0.05, 0.1) is 19.2 Å². The van der Waals surface area contributed by atoms with Gasteiger partial charge >= 0.3 is 0 Å². The molecule has 8 heteroatoms. The van der Waals surface area contributed by atoms with Crippen LogP contribution >= 0.6 is 11.6 Å². The van der Waals surface area contributed by atoms with Crippen molar-refractivity contribution >= 4 is 40.9 Å². The molecular weight excluding hydrogens is 442 g/mol. The highest BCUT2D eigenvalue weighted by Gasteiger charge is 2.12. The number of nitrogens with zero attached hydrogens (tertiary/aromatic N) is 1. The molecule has 166 valence electrons. The van der Waals surface area contributed by atoms with Gasteiger partial charge in [-0.05, 0) is 66.2 Å². The molecule has 33 heavy (non-hydrogen) atoms. The van der Waals surface area contributed by atoms with Gasteiger partial charge in [0.25, 0.3) is 11.8 Å². The van der Waals surface area contributed by atoms with Gasteiger partial charge in [0.1, 0.15) is 23.1 Å². The summed E-state index contributed by atoms with van der Waals surface area (Å²) in [5.74, 6) is 0.233. The Balaban J connectivity index is 1.73. The number of nitriles is 1. The van der Waals surface area contributed by atoms with Gasteiger partial charge in [0.2, 0.25) is 0 Å². The van der Waals surface area contributed by atoms with Crippen molar-refractivity contribution < 1.29 is 19.1 Å². The first-order valence-corrected chi connectivity index (χ1v) is 10.1. The number of halogens is 1. The van der Waals surface area contributed by atoms with E-state index in [0.717, 1.165) is 0 Å². The molecule has 0 aliphatic heterocycles. The Morgan fingerprint density at radius 1 is 0.939 bits per heavy atom. The van der Waals surface area contributed by atoms with E-state index in [1.165, 1.54) is 19.3 Å². The fourth-order valence-corrected chi connectivity index (χ4v) is 3.17. The van der Waals surface area contributed by atoms with Crippen molar-refractivity contribution in [1.29, 1.82) is 5.26 Å². The van der Waals surface area contributed by atoms with Crippen LogP contribution in [-0.2, 0) is 4.79 Å². The highest BCUT2D eigenvalue weighted by atomic mass is 35.5. The van der Waals surface area contributed by atoms with Crippen LogP contribution in [0, 0.1) is 11.3 Å². The quantitative estimate of drug-likeness (QED) is 0.374.